The van der Waals surface area contributed by atoms with Crippen molar-refractivity contribution in [1.29, 1.82) is 0 Å². The van der Waals surface area contributed by atoms with Gasteiger partial charge in [0.2, 0.25) is 0 Å². The number of aromatic nitrogens is 4. The number of likely N-dealkylation sites (tertiary alicyclic amines) is 1. The predicted molar refractivity (Wildman–Crippen MR) is 115 cm³/mol. The number of rotatable bonds is 9. The molecule has 1 aromatic carbocycles. The molecule has 2 heterocycles. The number of esters is 1. The van der Waals surface area contributed by atoms with E-state index in [0.717, 1.165) is 0 Å². The highest BCUT2D eigenvalue weighted by Gasteiger charge is 2.43. The van der Waals surface area contributed by atoms with Gasteiger partial charge in [0.15, 0.2) is 5.78 Å². The summed E-state index contributed by atoms with van der Waals surface area (Å²) in [5.41, 5.74) is 0.102. The largest absolute Gasteiger partial charge is 0.467 e. The normalized spacial score (nSPS) is 16.1. The number of hydrogen-bond acceptors (Lipinski definition) is 8. The Labute approximate surface area is 181 Å². The number of hydrogen-bond donors (Lipinski definition) is 1. The fourth-order valence-electron chi connectivity index (χ4n) is 3.90. The van der Waals surface area contributed by atoms with E-state index in [4.69, 9.17) is 4.74 Å². The molecule has 3 rings (SSSR count). The summed E-state index contributed by atoms with van der Waals surface area (Å²) in [7, 11) is 1.38. The zero-order valence-electron chi connectivity index (χ0n) is 18.3. The van der Waals surface area contributed by atoms with Gasteiger partial charge in [-0.25, -0.2) is 9.59 Å². The molecule has 1 fully saturated rings. The Morgan fingerprint density at radius 2 is 1.77 bits per heavy atom. The van der Waals surface area contributed by atoms with E-state index in [2.05, 4.69) is 20.6 Å². The molecule has 0 aliphatic carbocycles. The molecule has 0 unspecified atom stereocenters. The van der Waals surface area contributed by atoms with E-state index >= 15 is 0 Å². The van der Waals surface area contributed by atoms with Gasteiger partial charge in [0.25, 0.3) is 0 Å². The Hall–Kier alpha value is -3.01. The van der Waals surface area contributed by atoms with Crippen LogP contribution in [-0.4, -0.2) is 68.7 Å². The lowest BCUT2D eigenvalue weighted by atomic mass is 9.86. The van der Waals surface area contributed by atoms with Crippen LogP contribution in [0, 0.1) is 0 Å². The molecule has 1 saturated heterocycles. The number of piperidine rings is 1. The Balaban J connectivity index is 1.69. The third-order valence-corrected chi connectivity index (χ3v) is 5.83. The van der Waals surface area contributed by atoms with Crippen LogP contribution in [0.4, 0.5) is 5.69 Å². The number of para-hydroxylation sites is 1. The first kappa shape index (κ1) is 22.7. The number of ether oxygens (including phenoxy) is 1. The molecule has 0 amide bonds. The lowest BCUT2D eigenvalue weighted by Crippen LogP contribution is -2.55. The Morgan fingerprint density at radius 3 is 2.39 bits per heavy atom. The zero-order chi connectivity index (χ0) is 22.4. The number of nitrogens with zero attached hydrogens (tertiary/aromatic N) is 5. The van der Waals surface area contributed by atoms with Crippen molar-refractivity contribution in [3.63, 3.8) is 0 Å². The van der Waals surface area contributed by atoms with Gasteiger partial charge in [-0.15, -0.1) is 0 Å². The van der Waals surface area contributed by atoms with E-state index in [1.54, 1.807) is 6.07 Å². The van der Waals surface area contributed by atoms with E-state index < -0.39 is 5.54 Å². The maximum Gasteiger partial charge on any atom is 0.363 e. The number of nitrogens with one attached hydrogen (secondary N) is 1. The van der Waals surface area contributed by atoms with Crippen LogP contribution in [0.1, 0.15) is 43.5 Å². The standard InChI is InChI=1S/C21H30N6O4/c1-4-18(28)16-8-6-7-9-17(16)22-21(19(29)31-3)10-12-25(13-11-21)14-15-27-20(30)26(5-2)23-24-27/h6-9,22H,4-5,10-15H2,1-3H3. The number of carbonyl (C=O) groups is 2. The molecule has 10 nitrogen and oxygen atoms in total. The van der Waals surface area contributed by atoms with Crippen LogP contribution < -0.4 is 11.0 Å². The van der Waals surface area contributed by atoms with E-state index in [0.29, 0.717) is 63.2 Å². The lowest BCUT2D eigenvalue weighted by Gasteiger charge is -2.41. The van der Waals surface area contributed by atoms with Crippen molar-refractivity contribution in [3.05, 3.63) is 40.3 Å². The van der Waals surface area contributed by atoms with Crippen LogP contribution >= 0.6 is 0 Å². The van der Waals surface area contributed by atoms with Gasteiger partial charge in [0, 0.05) is 43.9 Å². The van der Waals surface area contributed by atoms with Crippen molar-refractivity contribution in [1.82, 2.24) is 24.7 Å². The van der Waals surface area contributed by atoms with Crippen molar-refractivity contribution >= 4 is 17.4 Å². The van der Waals surface area contributed by atoms with Crippen LogP contribution in [0.5, 0.6) is 0 Å². The fourth-order valence-corrected chi connectivity index (χ4v) is 3.90. The summed E-state index contributed by atoms with van der Waals surface area (Å²) in [6.45, 7) is 6.49. The van der Waals surface area contributed by atoms with Gasteiger partial charge in [-0.2, -0.15) is 9.36 Å². The van der Waals surface area contributed by atoms with Gasteiger partial charge in [-0.05, 0) is 42.3 Å². The number of carbonyl (C=O) groups excluding carboxylic acids is 2. The second kappa shape index (κ2) is 9.86. The third-order valence-electron chi connectivity index (χ3n) is 5.83. The number of ketones is 1. The highest BCUT2D eigenvalue weighted by molar-refractivity contribution is 6.01. The monoisotopic (exact) mass is 430 g/mol. The third kappa shape index (κ3) is 4.84. The van der Waals surface area contributed by atoms with Gasteiger partial charge < -0.3 is 15.0 Å². The molecule has 1 aliphatic heterocycles. The van der Waals surface area contributed by atoms with Crippen LogP contribution in [0.15, 0.2) is 29.1 Å². The van der Waals surface area contributed by atoms with Gasteiger partial charge in [-0.1, -0.05) is 19.1 Å². The number of anilines is 1. The van der Waals surface area contributed by atoms with Crippen molar-refractivity contribution in [2.75, 3.05) is 32.1 Å². The molecule has 10 heteroatoms. The maximum absolute atomic E-state index is 12.8. The first-order valence-corrected chi connectivity index (χ1v) is 10.7. The number of benzene rings is 1. The van der Waals surface area contributed by atoms with Crippen LogP contribution in [-0.2, 0) is 22.6 Å². The Morgan fingerprint density at radius 1 is 1.10 bits per heavy atom. The highest BCUT2D eigenvalue weighted by atomic mass is 16.5. The van der Waals surface area contributed by atoms with Crippen molar-refractivity contribution in [2.24, 2.45) is 0 Å². The number of methoxy groups -OCH3 is 1. The smallest absolute Gasteiger partial charge is 0.363 e. The molecule has 0 atom stereocenters. The summed E-state index contributed by atoms with van der Waals surface area (Å²) in [6, 6.07) is 7.26. The molecule has 1 aliphatic rings. The van der Waals surface area contributed by atoms with Gasteiger partial charge in [0.05, 0.1) is 13.7 Å². The minimum Gasteiger partial charge on any atom is -0.467 e. The zero-order valence-corrected chi connectivity index (χ0v) is 18.3. The Kier molecular flexibility index (Phi) is 7.21. The molecule has 2 aromatic rings. The average molecular weight is 431 g/mol. The van der Waals surface area contributed by atoms with E-state index in [1.807, 2.05) is 32.0 Å². The quantitative estimate of drug-likeness (QED) is 0.466. The van der Waals surface area contributed by atoms with E-state index in [-0.39, 0.29) is 17.4 Å². The molecule has 168 valence electrons. The van der Waals surface area contributed by atoms with Crippen LogP contribution in [0.3, 0.4) is 0 Å². The average Bonchev–Trinajstić information content (AvgIpc) is 3.17. The van der Waals surface area contributed by atoms with Crippen LogP contribution in [0.25, 0.3) is 0 Å². The number of tetrazole rings is 1. The molecule has 1 aromatic heterocycles. The predicted octanol–water partition coefficient (Wildman–Crippen LogP) is 1.17. The second-order valence-corrected chi connectivity index (χ2v) is 7.66. The Bertz CT molecular complexity index is 974. The summed E-state index contributed by atoms with van der Waals surface area (Å²) >= 11 is 0. The van der Waals surface area contributed by atoms with Crippen molar-refractivity contribution in [3.8, 4) is 0 Å². The lowest BCUT2D eigenvalue weighted by molar-refractivity contribution is -0.147. The number of Topliss-reactive ketones (excluding diaryl/α,β-unsaturated/α-hetero) is 1. The topological polar surface area (TPSA) is 111 Å². The molecular formula is C21H30N6O4. The molecule has 31 heavy (non-hydrogen) atoms. The fraction of sp³-hybridized carbons (Fsp3) is 0.571. The van der Waals surface area contributed by atoms with Gasteiger partial charge in [0.1, 0.15) is 5.54 Å². The summed E-state index contributed by atoms with van der Waals surface area (Å²) in [6.07, 6.45) is 1.43. The molecule has 0 radical (unpaired) electrons. The first-order valence-electron chi connectivity index (χ1n) is 10.7. The van der Waals surface area contributed by atoms with Crippen molar-refractivity contribution in [2.45, 2.75) is 51.7 Å². The summed E-state index contributed by atoms with van der Waals surface area (Å²) in [5, 5.41) is 11.1. The molecule has 0 saturated carbocycles. The van der Waals surface area contributed by atoms with Gasteiger partial charge in [-0.3, -0.25) is 4.79 Å². The molecule has 0 spiro atoms. The summed E-state index contributed by atoms with van der Waals surface area (Å²) in [4.78, 5) is 39.4. The maximum atomic E-state index is 12.8. The molecule has 0 bridgehead atoms. The van der Waals surface area contributed by atoms with E-state index in [1.165, 1.54) is 16.5 Å². The SMILES string of the molecule is CCC(=O)c1ccccc1NC1(C(=O)OC)CCN(CCn2nnn(CC)c2=O)CC1. The number of aryl methyl sites for hydroxylation is 1. The van der Waals surface area contributed by atoms with Crippen molar-refractivity contribution < 1.29 is 14.3 Å². The molecular weight excluding hydrogens is 400 g/mol. The second-order valence-electron chi connectivity index (χ2n) is 7.66. The molecule has 1 N–H and O–H groups in total. The van der Waals surface area contributed by atoms with E-state index in [9.17, 15) is 14.4 Å². The minimum absolute atomic E-state index is 0.0196. The van der Waals surface area contributed by atoms with Crippen LogP contribution in [0.2, 0.25) is 0 Å². The minimum atomic E-state index is -0.905. The highest BCUT2D eigenvalue weighted by Crippen LogP contribution is 2.30. The summed E-state index contributed by atoms with van der Waals surface area (Å²) < 4.78 is 7.79. The van der Waals surface area contributed by atoms with Gasteiger partial charge >= 0.3 is 11.7 Å². The summed E-state index contributed by atoms with van der Waals surface area (Å²) in [5.74, 6) is -0.320. The first-order chi connectivity index (χ1) is 14.9.